The van der Waals surface area contributed by atoms with Crippen LogP contribution in [-0.4, -0.2) is 42.5 Å². The molecule has 154 valence electrons. The van der Waals surface area contributed by atoms with Crippen molar-refractivity contribution in [2.24, 2.45) is 5.92 Å². The normalized spacial score (nSPS) is 16.6. The molecule has 1 unspecified atom stereocenters. The van der Waals surface area contributed by atoms with Gasteiger partial charge in [-0.05, 0) is 63.1 Å². The van der Waals surface area contributed by atoms with E-state index in [-0.39, 0.29) is 29.3 Å². The van der Waals surface area contributed by atoms with Gasteiger partial charge in [0, 0.05) is 30.6 Å². The van der Waals surface area contributed by atoms with Crippen molar-refractivity contribution in [3.63, 3.8) is 0 Å². The number of rotatable bonds is 6. The molecule has 6 heteroatoms. The van der Waals surface area contributed by atoms with Gasteiger partial charge >= 0.3 is 0 Å². The Morgan fingerprint density at radius 1 is 1.17 bits per heavy atom. The van der Waals surface area contributed by atoms with Crippen LogP contribution in [0.5, 0.6) is 5.75 Å². The molecule has 29 heavy (non-hydrogen) atoms. The van der Waals surface area contributed by atoms with E-state index in [1.54, 1.807) is 41.3 Å². The molecule has 1 aliphatic heterocycles. The Labute approximate surface area is 170 Å². The van der Waals surface area contributed by atoms with Gasteiger partial charge in [0.2, 0.25) is 0 Å². The third kappa shape index (κ3) is 5.56. The van der Waals surface area contributed by atoms with E-state index in [4.69, 9.17) is 4.74 Å². The van der Waals surface area contributed by atoms with E-state index in [0.29, 0.717) is 31.0 Å². The summed E-state index contributed by atoms with van der Waals surface area (Å²) in [5.41, 5.74) is 0.703. The molecular formula is C23H27FN2O3. The Bertz CT molecular complexity index is 851. The molecule has 0 aliphatic carbocycles. The minimum absolute atomic E-state index is 0.0831. The molecular weight excluding hydrogens is 371 g/mol. The average molecular weight is 398 g/mol. The van der Waals surface area contributed by atoms with Crippen LogP contribution in [0.4, 0.5) is 4.39 Å². The van der Waals surface area contributed by atoms with Crippen molar-refractivity contribution >= 4 is 11.8 Å². The fourth-order valence-corrected chi connectivity index (χ4v) is 3.45. The van der Waals surface area contributed by atoms with Gasteiger partial charge < -0.3 is 15.0 Å². The first kappa shape index (κ1) is 20.8. The minimum Gasteiger partial charge on any atom is -0.493 e. The van der Waals surface area contributed by atoms with Crippen LogP contribution in [0.15, 0.2) is 48.5 Å². The van der Waals surface area contributed by atoms with Crippen molar-refractivity contribution in [2.45, 2.75) is 32.7 Å². The highest BCUT2D eigenvalue weighted by molar-refractivity contribution is 5.95. The molecule has 2 amide bonds. The fourth-order valence-electron chi connectivity index (χ4n) is 3.45. The first-order valence-corrected chi connectivity index (χ1v) is 10.0. The molecule has 3 rings (SSSR count). The molecule has 1 fully saturated rings. The van der Waals surface area contributed by atoms with Crippen LogP contribution < -0.4 is 10.1 Å². The summed E-state index contributed by atoms with van der Waals surface area (Å²) in [5, 5.41) is 2.85. The molecule has 1 aliphatic rings. The first-order valence-electron chi connectivity index (χ1n) is 10.0. The molecule has 1 N–H and O–H groups in total. The van der Waals surface area contributed by atoms with Gasteiger partial charge in [-0.25, -0.2) is 4.39 Å². The number of hydrogen-bond donors (Lipinski definition) is 1. The van der Waals surface area contributed by atoms with Gasteiger partial charge in [0.1, 0.15) is 11.6 Å². The second kappa shape index (κ2) is 9.54. The van der Waals surface area contributed by atoms with Crippen LogP contribution >= 0.6 is 0 Å². The summed E-state index contributed by atoms with van der Waals surface area (Å²) in [4.78, 5) is 26.3. The van der Waals surface area contributed by atoms with Gasteiger partial charge in [-0.3, -0.25) is 9.59 Å². The summed E-state index contributed by atoms with van der Waals surface area (Å²) in [7, 11) is 0. The number of ether oxygens (including phenoxy) is 1. The van der Waals surface area contributed by atoms with Gasteiger partial charge in [-0.1, -0.05) is 12.1 Å². The number of likely N-dealkylation sites (tertiary alicyclic amines) is 1. The summed E-state index contributed by atoms with van der Waals surface area (Å²) < 4.78 is 19.8. The maximum Gasteiger partial charge on any atom is 0.256 e. The molecule has 5 nitrogen and oxygen atoms in total. The van der Waals surface area contributed by atoms with Crippen LogP contribution in [0.2, 0.25) is 0 Å². The predicted molar refractivity (Wildman–Crippen MR) is 110 cm³/mol. The monoisotopic (exact) mass is 398 g/mol. The summed E-state index contributed by atoms with van der Waals surface area (Å²) in [6.45, 7) is 5.48. The number of amides is 2. The van der Waals surface area contributed by atoms with Gasteiger partial charge in [-0.15, -0.1) is 0 Å². The molecule has 1 heterocycles. The van der Waals surface area contributed by atoms with E-state index in [2.05, 4.69) is 5.32 Å². The second-order valence-corrected chi connectivity index (χ2v) is 7.70. The standard InChI is InChI=1S/C23H27FN2O3/c1-16(2)25-22(27)18-9-11-19(12-10-18)29-15-17-6-5-13-26(14-17)23(28)20-7-3-4-8-21(20)24/h3-4,7-12,16-17H,5-6,13-15H2,1-2H3,(H,25,27). The van der Waals surface area contributed by atoms with Gasteiger partial charge in [0.15, 0.2) is 0 Å². The topological polar surface area (TPSA) is 58.6 Å². The van der Waals surface area contributed by atoms with Gasteiger partial charge in [0.25, 0.3) is 11.8 Å². The Kier molecular flexibility index (Phi) is 6.86. The fraction of sp³-hybridized carbons (Fsp3) is 0.391. The molecule has 0 radical (unpaired) electrons. The second-order valence-electron chi connectivity index (χ2n) is 7.70. The number of carbonyl (C=O) groups excluding carboxylic acids is 2. The number of nitrogens with one attached hydrogen (secondary N) is 1. The summed E-state index contributed by atoms with van der Waals surface area (Å²) in [6, 6.07) is 13.2. The van der Waals surface area contributed by atoms with E-state index < -0.39 is 5.82 Å². The van der Waals surface area contributed by atoms with E-state index >= 15 is 0 Å². The number of piperidine rings is 1. The molecule has 0 bridgehead atoms. The zero-order valence-electron chi connectivity index (χ0n) is 16.9. The van der Waals surface area contributed by atoms with E-state index in [9.17, 15) is 14.0 Å². The van der Waals surface area contributed by atoms with Crippen LogP contribution in [0.25, 0.3) is 0 Å². The molecule has 2 aromatic carbocycles. The van der Waals surface area contributed by atoms with Crippen LogP contribution in [0, 0.1) is 11.7 Å². The van der Waals surface area contributed by atoms with E-state index in [1.807, 2.05) is 13.8 Å². The van der Waals surface area contributed by atoms with Crippen molar-refractivity contribution in [2.75, 3.05) is 19.7 Å². The van der Waals surface area contributed by atoms with Crippen molar-refractivity contribution in [1.29, 1.82) is 0 Å². The lowest BCUT2D eigenvalue weighted by Gasteiger charge is -2.32. The number of carbonyl (C=O) groups is 2. The van der Waals surface area contributed by atoms with Crippen LogP contribution in [0.3, 0.4) is 0 Å². The smallest absolute Gasteiger partial charge is 0.256 e. The minimum atomic E-state index is -0.488. The number of halogens is 1. The van der Waals surface area contributed by atoms with Crippen molar-refractivity contribution in [3.8, 4) is 5.75 Å². The molecule has 1 atom stereocenters. The molecule has 0 saturated carbocycles. The summed E-state index contributed by atoms with van der Waals surface area (Å²) in [5.74, 6) is -0.000969. The third-order valence-corrected chi connectivity index (χ3v) is 4.93. The lowest BCUT2D eigenvalue weighted by Crippen LogP contribution is -2.41. The van der Waals surface area contributed by atoms with E-state index in [0.717, 1.165) is 12.8 Å². The first-order chi connectivity index (χ1) is 13.9. The van der Waals surface area contributed by atoms with Crippen LogP contribution in [0.1, 0.15) is 47.4 Å². The Balaban J connectivity index is 1.54. The lowest BCUT2D eigenvalue weighted by atomic mass is 9.98. The predicted octanol–water partition coefficient (Wildman–Crippen LogP) is 3.90. The van der Waals surface area contributed by atoms with Crippen molar-refractivity contribution in [1.82, 2.24) is 10.2 Å². The van der Waals surface area contributed by atoms with Crippen LogP contribution in [-0.2, 0) is 0 Å². The molecule has 1 saturated heterocycles. The number of nitrogens with zero attached hydrogens (tertiary/aromatic N) is 1. The van der Waals surface area contributed by atoms with E-state index in [1.165, 1.54) is 12.1 Å². The quantitative estimate of drug-likeness (QED) is 0.803. The Morgan fingerprint density at radius 3 is 2.59 bits per heavy atom. The summed E-state index contributed by atoms with van der Waals surface area (Å²) in [6.07, 6.45) is 1.82. The Hall–Kier alpha value is -2.89. The largest absolute Gasteiger partial charge is 0.493 e. The maximum absolute atomic E-state index is 13.9. The highest BCUT2D eigenvalue weighted by Crippen LogP contribution is 2.21. The van der Waals surface area contributed by atoms with Crippen molar-refractivity contribution in [3.05, 3.63) is 65.5 Å². The highest BCUT2D eigenvalue weighted by Gasteiger charge is 2.26. The molecule has 0 spiro atoms. The molecule has 2 aromatic rings. The number of benzene rings is 2. The lowest BCUT2D eigenvalue weighted by molar-refractivity contribution is 0.0628. The van der Waals surface area contributed by atoms with Gasteiger partial charge in [0.05, 0.1) is 12.2 Å². The SMILES string of the molecule is CC(C)NC(=O)c1ccc(OCC2CCCN(C(=O)c3ccccc3F)C2)cc1. The molecule has 0 aromatic heterocycles. The summed E-state index contributed by atoms with van der Waals surface area (Å²) >= 11 is 0. The van der Waals surface area contributed by atoms with Crippen molar-refractivity contribution < 1.29 is 18.7 Å². The Morgan fingerprint density at radius 2 is 1.90 bits per heavy atom. The third-order valence-electron chi connectivity index (χ3n) is 4.93. The van der Waals surface area contributed by atoms with Gasteiger partial charge in [-0.2, -0.15) is 0 Å². The average Bonchev–Trinajstić information content (AvgIpc) is 2.72. The maximum atomic E-state index is 13.9. The number of hydrogen-bond acceptors (Lipinski definition) is 3. The highest BCUT2D eigenvalue weighted by atomic mass is 19.1. The zero-order valence-corrected chi connectivity index (χ0v) is 16.9. The zero-order chi connectivity index (χ0) is 20.8.